The van der Waals surface area contributed by atoms with E-state index < -0.39 is 5.91 Å². The van der Waals surface area contributed by atoms with Crippen LogP contribution in [-0.4, -0.2) is 15.5 Å². The molecule has 4 aromatic rings. The third-order valence-corrected chi connectivity index (χ3v) is 4.83. The average Bonchev–Trinajstić information content (AvgIpc) is 3.09. The largest absolute Gasteiger partial charge is 0.366 e. The quantitative estimate of drug-likeness (QED) is 0.586. The van der Waals surface area contributed by atoms with Gasteiger partial charge in [-0.1, -0.05) is 35.9 Å². The van der Waals surface area contributed by atoms with Gasteiger partial charge < -0.3 is 10.3 Å². The molecular formula is C23H21N3O. The molecule has 2 aromatic heterocycles. The maximum atomic E-state index is 11.7. The number of primary amides is 1. The monoisotopic (exact) mass is 355 g/mol. The van der Waals surface area contributed by atoms with Crippen LogP contribution in [0, 0.1) is 6.92 Å². The molecule has 0 saturated heterocycles. The zero-order valence-electron chi connectivity index (χ0n) is 15.2. The molecule has 0 radical (unpaired) electrons. The van der Waals surface area contributed by atoms with E-state index in [2.05, 4.69) is 59.1 Å². The normalized spacial score (nSPS) is 11.0. The standard InChI is InChI=1S/C23H21N3O/c1-16-7-9-17(10-8-16)12-19-4-3-11-26(19)15-18-13-21-20(23(24)27)5-2-6-22(21)25-14-18/h2-11,13-14H,12,15H2,1H3,(H2,24,27). The van der Waals surface area contributed by atoms with Crippen molar-refractivity contribution in [3.8, 4) is 0 Å². The Hall–Kier alpha value is -3.40. The van der Waals surface area contributed by atoms with Gasteiger partial charge in [0, 0.05) is 42.0 Å². The maximum Gasteiger partial charge on any atom is 0.249 e. The lowest BCUT2D eigenvalue weighted by Gasteiger charge is -2.11. The van der Waals surface area contributed by atoms with E-state index in [4.69, 9.17) is 5.73 Å². The predicted octanol–water partition coefficient (Wildman–Crippen LogP) is 4.08. The van der Waals surface area contributed by atoms with Crippen molar-refractivity contribution in [2.24, 2.45) is 5.73 Å². The van der Waals surface area contributed by atoms with Gasteiger partial charge in [0.05, 0.1) is 5.52 Å². The van der Waals surface area contributed by atoms with Gasteiger partial charge in [0.25, 0.3) is 0 Å². The minimum absolute atomic E-state index is 0.430. The van der Waals surface area contributed by atoms with E-state index in [1.54, 1.807) is 12.1 Å². The van der Waals surface area contributed by atoms with Gasteiger partial charge in [0.2, 0.25) is 5.91 Å². The highest BCUT2D eigenvalue weighted by Crippen LogP contribution is 2.20. The molecule has 0 spiro atoms. The number of carbonyl (C=O) groups excluding carboxylic acids is 1. The first kappa shape index (κ1) is 17.0. The van der Waals surface area contributed by atoms with E-state index in [1.807, 2.05) is 18.3 Å². The Balaban J connectivity index is 1.63. The Bertz CT molecular complexity index is 1110. The summed E-state index contributed by atoms with van der Waals surface area (Å²) in [6, 6.07) is 20.3. The first-order chi connectivity index (χ1) is 13.1. The average molecular weight is 355 g/mol. The van der Waals surface area contributed by atoms with E-state index >= 15 is 0 Å². The van der Waals surface area contributed by atoms with Crippen molar-refractivity contribution in [2.75, 3.05) is 0 Å². The molecule has 4 heteroatoms. The smallest absolute Gasteiger partial charge is 0.249 e. The van der Waals surface area contributed by atoms with E-state index in [-0.39, 0.29) is 0 Å². The summed E-state index contributed by atoms with van der Waals surface area (Å²) in [5.41, 5.74) is 11.6. The van der Waals surface area contributed by atoms with E-state index in [9.17, 15) is 4.79 Å². The second kappa shape index (κ2) is 7.08. The van der Waals surface area contributed by atoms with Gasteiger partial charge in [0.15, 0.2) is 0 Å². The summed E-state index contributed by atoms with van der Waals surface area (Å²) in [5.74, 6) is -0.430. The number of hydrogen-bond acceptors (Lipinski definition) is 2. The highest BCUT2D eigenvalue weighted by molar-refractivity contribution is 6.05. The van der Waals surface area contributed by atoms with E-state index in [0.29, 0.717) is 12.1 Å². The lowest BCUT2D eigenvalue weighted by Crippen LogP contribution is -2.12. The molecule has 1 amide bonds. The van der Waals surface area contributed by atoms with E-state index in [1.165, 1.54) is 16.8 Å². The van der Waals surface area contributed by atoms with Gasteiger partial charge in [-0.3, -0.25) is 9.78 Å². The molecule has 134 valence electrons. The fourth-order valence-electron chi connectivity index (χ4n) is 3.37. The third-order valence-electron chi connectivity index (χ3n) is 4.83. The summed E-state index contributed by atoms with van der Waals surface area (Å²) < 4.78 is 2.22. The molecule has 4 rings (SSSR count). The maximum absolute atomic E-state index is 11.7. The SMILES string of the molecule is Cc1ccc(Cc2cccn2Cc2cnc3cccc(C(N)=O)c3c2)cc1. The van der Waals surface area contributed by atoms with Crippen LogP contribution in [0.5, 0.6) is 0 Å². The number of nitrogens with two attached hydrogens (primary N) is 1. The number of carbonyl (C=O) groups is 1. The number of hydrogen-bond donors (Lipinski definition) is 1. The van der Waals surface area contributed by atoms with Gasteiger partial charge in [-0.25, -0.2) is 0 Å². The zero-order valence-corrected chi connectivity index (χ0v) is 15.2. The Labute approximate surface area is 158 Å². The van der Waals surface area contributed by atoms with Crippen molar-refractivity contribution in [1.29, 1.82) is 0 Å². The van der Waals surface area contributed by atoms with E-state index in [0.717, 1.165) is 22.9 Å². The molecule has 2 aromatic carbocycles. The summed E-state index contributed by atoms with van der Waals surface area (Å²) >= 11 is 0. The van der Waals surface area contributed by atoms with Crippen LogP contribution in [0.2, 0.25) is 0 Å². The van der Waals surface area contributed by atoms with Crippen LogP contribution < -0.4 is 5.73 Å². The lowest BCUT2D eigenvalue weighted by molar-refractivity contribution is 0.100. The highest BCUT2D eigenvalue weighted by Gasteiger charge is 2.09. The summed E-state index contributed by atoms with van der Waals surface area (Å²) in [6.45, 7) is 2.80. The van der Waals surface area contributed by atoms with Crippen LogP contribution in [-0.2, 0) is 13.0 Å². The van der Waals surface area contributed by atoms with Crippen molar-refractivity contribution in [2.45, 2.75) is 19.9 Å². The van der Waals surface area contributed by atoms with Crippen molar-refractivity contribution in [1.82, 2.24) is 9.55 Å². The highest BCUT2D eigenvalue weighted by atomic mass is 16.1. The predicted molar refractivity (Wildman–Crippen MR) is 108 cm³/mol. The van der Waals surface area contributed by atoms with Crippen LogP contribution in [0.4, 0.5) is 0 Å². The number of aryl methyl sites for hydroxylation is 1. The molecule has 0 aliphatic rings. The lowest BCUT2D eigenvalue weighted by atomic mass is 10.1. The molecule has 0 unspecified atom stereocenters. The number of pyridine rings is 1. The first-order valence-corrected chi connectivity index (χ1v) is 8.97. The second-order valence-electron chi connectivity index (χ2n) is 6.87. The molecule has 0 atom stereocenters. The number of benzene rings is 2. The molecule has 0 bridgehead atoms. The molecule has 0 aliphatic carbocycles. The Morgan fingerprint density at radius 3 is 2.63 bits per heavy atom. The Morgan fingerprint density at radius 2 is 1.85 bits per heavy atom. The van der Waals surface area contributed by atoms with Crippen LogP contribution >= 0.6 is 0 Å². The molecule has 0 aliphatic heterocycles. The third kappa shape index (κ3) is 3.60. The van der Waals surface area contributed by atoms with Crippen molar-refractivity contribution in [3.05, 3.63) is 101 Å². The minimum Gasteiger partial charge on any atom is -0.366 e. The number of aromatic nitrogens is 2. The Kier molecular flexibility index (Phi) is 4.47. The molecule has 27 heavy (non-hydrogen) atoms. The van der Waals surface area contributed by atoms with Crippen LogP contribution in [0.3, 0.4) is 0 Å². The number of rotatable bonds is 5. The van der Waals surface area contributed by atoms with Crippen LogP contribution in [0.1, 0.15) is 32.7 Å². The van der Waals surface area contributed by atoms with Crippen LogP contribution in [0.25, 0.3) is 10.9 Å². The molecule has 2 N–H and O–H groups in total. The summed E-state index contributed by atoms with van der Waals surface area (Å²) in [7, 11) is 0. The number of amides is 1. The zero-order chi connectivity index (χ0) is 18.8. The molecule has 0 saturated carbocycles. The minimum atomic E-state index is -0.430. The number of fused-ring (bicyclic) bond motifs is 1. The molecule has 2 heterocycles. The fraction of sp³-hybridized carbons (Fsp3) is 0.130. The fourth-order valence-corrected chi connectivity index (χ4v) is 3.37. The topological polar surface area (TPSA) is 60.9 Å². The van der Waals surface area contributed by atoms with Gasteiger partial charge >= 0.3 is 0 Å². The van der Waals surface area contributed by atoms with Crippen molar-refractivity contribution < 1.29 is 4.79 Å². The summed E-state index contributed by atoms with van der Waals surface area (Å²) in [5, 5.41) is 0.801. The van der Waals surface area contributed by atoms with Crippen LogP contribution in [0.15, 0.2) is 73.1 Å². The van der Waals surface area contributed by atoms with Crippen molar-refractivity contribution in [3.63, 3.8) is 0 Å². The Morgan fingerprint density at radius 1 is 1.04 bits per heavy atom. The molecule has 0 fully saturated rings. The van der Waals surface area contributed by atoms with Gasteiger partial charge in [0.1, 0.15) is 0 Å². The van der Waals surface area contributed by atoms with Gasteiger partial charge in [-0.05, 0) is 48.4 Å². The summed E-state index contributed by atoms with van der Waals surface area (Å²) in [6.07, 6.45) is 4.82. The number of nitrogens with zero attached hydrogens (tertiary/aromatic N) is 2. The summed E-state index contributed by atoms with van der Waals surface area (Å²) in [4.78, 5) is 16.2. The first-order valence-electron chi connectivity index (χ1n) is 8.97. The van der Waals surface area contributed by atoms with Crippen molar-refractivity contribution >= 4 is 16.8 Å². The molecule has 4 nitrogen and oxygen atoms in total. The van der Waals surface area contributed by atoms with Gasteiger partial charge in [-0.15, -0.1) is 0 Å². The molecular weight excluding hydrogens is 334 g/mol. The second-order valence-corrected chi connectivity index (χ2v) is 6.87. The van der Waals surface area contributed by atoms with Gasteiger partial charge in [-0.2, -0.15) is 0 Å².